The minimum atomic E-state index is -0.929. The number of hydrogen-bond acceptors (Lipinski definition) is 6. The lowest BCUT2D eigenvalue weighted by Crippen LogP contribution is -2.54. The van der Waals surface area contributed by atoms with Gasteiger partial charge in [0.05, 0.1) is 21.3 Å². The first kappa shape index (κ1) is 30.6. The zero-order valence-corrected chi connectivity index (χ0v) is 25.7. The van der Waals surface area contributed by atoms with Crippen molar-refractivity contribution in [3.8, 4) is 11.5 Å². The van der Waals surface area contributed by atoms with Crippen LogP contribution in [0.5, 0.6) is 11.5 Å². The third kappa shape index (κ3) is 6.43. The lowest BCUT2D eigenvalue weighted by atomic mass is 9.69. The number of piperidine rings is 2. The van der Waals surface area contributed by atoms with Crippen LogP contribution in [0.1, 0.15) is 68.4 Å². The van der Waals surface area contributed by atoms with Gasteiger partial charge in [-0.2, -0.15) is 0 Å². The lowest BCUT2D eigenvalue weighted by Gasteiger charge is -2.46. The normalized spacial score (nSPS) is 22.7. The molecule has 2 aliphatic heterocycles. The molecule has 1 aliphatic carbocycles. The highest BCUT2D eigenvalue weighted by atomic mass is 16.5. The average Bonchev–Trinajstić information content (AvgIpc) is 3.27. The highest BCUT2D eigenvalue weighted by Crippen LogP contribution is 2.49. The molecule has 3 aliphatic rings. The largest absolute Gasteiger partial charge is 0.493 e. The van der Waals surface area contributed by atoms with E-state index in [-0.39, 0.29) is 24.2 Å². The van der Waals surface area contributed by atoms with Crippen molar-refractivity contribution in [2.45, 2.75) is 63.7 Å². The van der Waals surface area contributed by atoms with E-state index in [0.29, 0.717) is 56.3 Å². The zero-order valence-electron chi connectivity index (χ0n) is 25.7. The summed E-state index contributed by atoms with van der Waals surface area (Å²) in [6.45, 7) is 1.75. The Morgan fingerprint density at radius 1 is 0.953 bits per heavy atom. The molecule has 0 aromatic heterocycles. The Morgan fingerprint density at radius 3 is 2.40 bits per heavy atom. The summed E-state index contributed by atoms with van der Waals surface area (Å²) in [5.41, 5.74) is 2.12. The Labute approximate surface area is 255 Å². The van der Waals surface area contributed by atoms with Crippen LogP contribution in [0.4, 0.5) is 0 Å². The number of likely N-dealkylation sites (tertiary alicyclic amines) is 2. The zero-order chi connectivity index (χ0) is 30.4. The molecular formula is C35H44N2O6. The smallest absolute Gasteiger partial charge is 0.317 e. The van der Waals surface area contributed by atoms with Crippen LogP contribution in [0.25, 0.3) is 0 Å². The van der Waals surface area contributed by atoms with E-state index >= 15 is 0 Å². The molecule has 2 atom stereocenters. The highest BCUT2D eigenvalue weighted by molar-refractivity contribution is 5.92. The monoisotopic (exact) mass is 588 g/mol. The molecule has 8 nitrogen and oxygen atoms in total. The summed E-state index contributed by atoms with van der Waals surface area (Å²) in [5.74, 6) is 0.718. The van der Waals surface area contributed by atoms with E-state index in [4.69, 9.17) is 14.2 Å². The third-order valence-electron chi connectivity index (χ3n) is 9.57. The molecule has 5 rings (SSSR count). The third-order valence-corrected chi connectivity index (χ3v) is 9.57. The summed E-state index contributed by atoms with van der Waals surface area (Å²) >= 11 is 0. The quantitative estimate of drug-likeness (QED) is 0.359. The van der Waals surface area contributed by atoms with E-state index in [2.05, 4.69) is 30.3 Å². The topological polar surface area (TPSA) is 85.4 Å². The molecule has 8 heteroatoms. The maximum absolute atomic E-state index is 14.2. The lowest BCUT2D eigenvalue weighted by molar-refractivity contribution is -0.160. The maximum Gasteiger partial charge on any atom is 0.317 e. The molecule has 0 saturated carbocycles. The van der Waals surface area contributed by atoms with Gasteiger partial charge in [-0.1, -0.05) is 48.9 Å². The minimum Gasteiger partial charge on any atom is -0.493 e. The van der Waals surface area contributed by atoms with Crippen LogP contribution < -0.4 is 9.47 Å². The first-order valence-electron chi connectivity index (χ1n) is 15.5. The van der Waals surface area contributed by atoms with Crippen molar-refractivity contribution in [1.29, 1.82) is 0 Å². The van der Waals surface area contributed by atoms with Crippen molar-refractivity contribution < 1.29 is 28.6 Å². The fraction of sp³-hybridized carbons (Fsp3) is 0.514. The van der Waals surface area contributed by atoms with Gasteiger partial charge in [0.2, 0.25) is 11.8 Å². The number of ether oxygens (including phenoxy) is 3. The van der Waals surface area contributed by atoms with Crippen molar-refractivity contribution in [2.75, 3.05) is 41.0 Å². The SMILES string of the molecule is COC(=O)[C@]12CCCCC=C1N(CCc1ccc(OC)c(OC)c1)C(=O)[C@@H](CC(=O)N1CCC(c3ccccc3)CC1)C2. The van der Waals surface area contributed by atoms with E-state index < -0.39 is 11.3 Å². The van der Waals surface area contributed by atoms with E-state index in [1.54, 1.807) is 19.1 Å². The van der Waals surface area contributed by atoms with E-state index in [9.17, 15) is 14.4 Å². The van der Waals surface area contributed by atoms with Gasteiger partial charge in [0, 0.05) is 37.7 Å². The van der Waals surface area contributed by atoms with Crippen molar-refractivity contribution in [2.24, 2.45) is 11.3 Å². The van der Waals surface area contributed by atoms with Gasteiger partial charge in [0.1, 0.15) is 5.41 Å². The number of esters is 1. The molecule has 2 amide bonds. The molecule has 0 bridgehead atoms. The molecule has 2 fully saturated rings. The second-order valence-corrected chi connectivity index (χ2v) is 12.0. The van der Waals surface area contributed by atoms with Crippen LogP contribution in [-0.4, -0.2) is 68.5 Å². The van der Waals surface area contributed by atoms with Crippen LogP contribution in [0, 0.1) is 11.3 Å². The molecular weight excluding hydrogens is 544 g/mol. The number of amides is 2. The van der Waals surface area contributed by atoms with Crippen LogP contribution >= 0.6 is 0 Å². The van der Waals surface area contributed by atoms with Gasteiger partial charge in [-0.05, 0) is 74.1 Å². The number of methoxy groups -OCH3 is 3. The van der Waals surface area contributed by atoms with Crippen LogP contribution in [-0.2, 0) is 25.5 Å². The Morgan fingerprint density at radius 2 is 1.70 bits per heavy atom. The van der Waals surface area contributed by atoms with Gasteiger partial charge < -0.3 is 24.0 Å². The number of rotatable bonds is 9. The number of carbonyl (C=O) groups excluding carboxylic acids is 3. The Hall–Kier alpha value is -3.81. The number of nitrogens with zero attached hydrogens (tertiary/aromatic N) is 2. The molecule has 0 spiro atoms. The number of fused-ring (bicyclic) bond motifs is 1. The summed E-state index contributed by atoms with van der Waals surface area (Å²) in [7, 11) is 4.62. The molecule has 0 unspecified atom stereocenters. The second kappa shape index (κ2) is 13.7. The van der Waals surface area contributed by atoms with Crippen molar-refractivity contribution in [3.63, 3.8) is 0 Å². The number of allylic oxidation sites excluding steroid dienone is 1. The predicted molar refractivity (Wildman–Crippen MR) is 164 cm³/mol. The predicted octanol–water partition coefficient (Wildman–Crippen LogP) is 5.51. The minimum absolute atomic E-state index is 0.00855. The molecule has 2 heterocycles. The first-order chi connectivity index (χ1) is 20.9. The highest BCUT2D eigenvalue weighted by Gasteiger charge is 2.54. The van der Waals surface area contributed by atoms with Gasteiger partial charge in [-0.25, -0.2) is 0 Å². The summed E-state index contributed by atoms with van der Waals surface area (Å²) < 4.78 is 16.3. The standard InChI is InChI=1S/C35H44N2O6/c1-41-29-14-13-25(22-30(29)42-2)15-21-37-31-12-8-5-9-18-35(31,34(40)43-3)24-28(33(37)39)23-32(38)36-19-16-27(17-20-36)26-10-6-4-7-11-26/h4,6-7,10-14,22,27-28H,5,8-9,15-21,23-24H2,1-3H3/t28-,35-/m0/s1. The number of carbonyl (C=O) groups is 3. The molecule has 0 radical (unpaired) electrons. The molecule has 2 aromatic carbocycles. The second-order valence-electron chi connectivity index (χ2n) is 12.0. The van der Waals surface area contributed by atoms with E-state index in [1.165, 1.54) is 12.7 Å². The summed E-state index contributed by atoms with van der Waals surface area (Å²) in [6, 6.07) is 16.2. The molecule has 43 heavy (non-hydrogen) atoms. The summed E-state index contributed by atoms with van der Waals surface area (Å²) in [5, 5.41) is 0. The van der Waals surface area contributed by atoms with Gasteiger partial charge in [0.25, 0.3) is 0 Å². The number of benzene rings is 2. The Balaban J connectivity index is 1.35. The van der Waals surface area contributed by atoms with Gasteiger partial charge in [-0.15, -0.1) is 0 Å². The maximum atomic E-state index is 14.2. The van der Waals surface area contributed by atoms with Gasteiger partial charge >= 0.3 is 5.97 Å². The fourth-order valence-electron chi connectivity index (χ4n) is 7.24. The summed E-state index contributed by atoms with van der Waals surface area (Å²) in [6.07, 6.45) is 8.07. The van der Waals surface area contributed by atoms with Crippen LogP contribution in [0.3, 0.4) is 0 Å². The fourth-order valence-corrected chi connectivity index (χ4v) is 7.24. The van der Waals surface area contributed by atoms with E-state index in [0.717, 1.165) is 43.4 Å². The van der Waals surface area contributed by atoms with Crippen molar-refractivity contribution in [3.05, 3.63) is 71.4 Å². The Bertz CT molecular complexity index is 1330. The van der Waals surface area contributed by atoms with Crippen LogP contribution in [0.2, 0.25) is 0 Å². The van der Waals surface area contributed by atoms with Crippen molar-refractivity contribution >= 4 is 17.8 Å². The van der Waals surface area contributed by atoms with Crippen LogP contribution in [0.15, 0.2) is 60.3 Å². The van der Waals surface area contributed by atoms with E-state index in [1.807, 2.05) is 29.2 Å². The van der Waals surface area contributed by atoms with Crippen molar-refractivity contribution in [1.82, 2.24) is 9.80 Å². The molecule has 230 valence electrons. The number of hydrogen-bond donors (Lipinski definition) is 0. The molecule has 2 saturated heterocycles. The summed E-state index contributed by atoms with van der Waals surface area (Å²) in [4.78, 5) is 45.0. The molecule has 2 aromatic rings. The average molecular weight is 589 g/mol. The molecule has 0 N–H and O–H groups in total. The van der Waals surface area contributed by atoms with Gasteiger partial charge in [0.15, 0.2) is 11.5 Å². The van der Waals surface area contributed by atoms with Gasteiger partial charge in [-0.3, -0.25) is 14.4 Å². The Kier molecular flexibility index (Phi) is 9.73. The first-order valence-corrected chi connectivity index (χ1v) is 15.5.